The summed E-state index contributed by atoms with van der Waals surface area (Å²) in [5.74, 6) is -1.92. The van der Waals surface area contributed by atoms with Crippen LogP contribution >= 0.6 is 15.9 Å². The van der Waals surface area contributed by atoms with Gasteiger partial charge >= 0.3 is 0 Å². The summed E-state index contributed by atoms with van der Waals surface area (Å²) in [5.41, 5.74) is 0.713. The number of anilines is 1. The number of carbonyl (C=O) groups excluding carboxylic acids is 2. The zero-order valence-electron chi connectivity index (χ0n) is 16.8. The highest BCUT2D eigenvalue weighted by Gasteiger charge is 2.18. The van der Waals surface area contributed by atoms with Crippen molar-refractivity contribution in [1.29, 1.82) is 0 Å². The van der Waals surface area contributed by atoms with Crippen LogP contribution in [0.5, 0.6) is 0 Å². The second-order valence-electron chi connectivity index (χ2n) is 6.75. The number of halogens is 2. The highest BCUT2D eigenvalue weighted by atomic mass is 79.9. The van der Waals surface area contributed by atoms with Crippen molar-refractivity contribution >= 4 is 45.2 Å². The monoisotopic (exact) mass is 497 g/mol. The van der Waals surface area contributed by atoms with Crippen molar-refractivity contribution in [3.05, 3.63) is 110 Å². The van der Waals surface area contributed by atoms with Crippen LogP contribution in [0.2, 0.25) is 0 Å². The number of amides is 2. The third kappa shape index (κ3) is 5.64. The van der Waals surface area contributed by atoms with Crippen LogP contribution in [0.3, 0.4) is 0 Å². The van der Waals surface area contributed by atoms with E-state index in [1.165, 1.54) is 42.5 Å². The number of benzene rings is 3. The maximum Gasteiger partial charge on any atom is 0.272 e. The Hall–Kier alpha value is -3.85. The van der Waals surface area contributed by atoms with E-state index < -0.39 is 22.6 Å². The molecule has 2 amide bonds. The first-order valence-corrected chi connectivity index (χ1v) is 10.1. The summed E-state index contributed by atoms with van der Waals surface area (Å²) in [6.45, 7) is 1.67. The maximum absolute atomic E-state index is 14.2. The summed E-state index contributed by atoms with van der Waals surface area (Å²) in [5, 5.41) is 16.1. The van der Waals surface area contributed by atoms with Gasteiger partial charge in [0.1, 0.15) is 11.5 Å². The largest absolute Gasteiger partial charge is 0.320 e. The Morgan fingerprint density at radius 1 is 1.06 bits per heavy atom. The zero-order valence-corrected chi connectivity index (χ0v) is 18.4. The van der Waals surface area contributed by atoms with E-state index in [2.05, 4.69) is 26.6 Å². The van der Waals surface area contributed by atoms with E-state index in [0.29, 0.717) is 5.56 Å². The molecule has 0 bridgehead atoms. The molecule has 0 saturated heterocycles. The molecule has 0 aliphatic rings. The number of rotatable bonds is 6. The minimum Gasteiger partial charge on any atom is -0.320 e. The van der Waals surface area contributed by atoms with Gasteiger partial charge in [0.05, 0.1) is 10.6 Å². The van der Waals surface area contributed by atoms with E-state index in [1.54, 1.807) is 37.3 Å². The normalized spacial score (nSPS) is 11.0. The number of hydrogen-bond acceptors (Lipinski definition) is 4. The summed E-state index contributed by atoms with van der Waals surface area (Å²) in [6, 6.07) is 16.2. The molecule has 9 heteroatoms. The van der Waals surface area contributed by atoms with Crippen LogP contribution in [-0.2, 0) is 4.79 Å². The molecular weight excluding hydrogens is 481 g/mol. The lowest BCUT2D eigenvalue weighted by molar-refractivity contribution is -0.384. The number of nitro groups is 1. The molecule has 0 unspecified atom stereocenters. The van der Waals surface area contributed by atoms with Gasteiger partial charge in [0.2, 0.25) is 0 Å². The van der Waals surface area contributed by atoms with Gasteiger partial charge in [-0.15, -0.1) is 0 Å². The van der Waals surface area contributed by atoms with E-state index in [-0.39, 0.29) is 28.2 Å². The lowest BCUT2D eigenvalue weighted by atomic mass is 10.1. The van der Waals surface area contributed by atoms with E-state index in [4.69, 9.17) is 0 Å². The first kappa shape index (κ1) is 22.8. The quantitative estimate of drug-likeness (QED) is 0.277. The lowest BCUT2D eigenvalue weighted by Gasteiger charge is -2.13. The summed E-state index contributed by atoms with van der Waals surface area (Å²) < 4.78 is 15.0. The van der Waals surface area contributed by atoms with Gasteiger partial charge in [0.15, 0.2) is 0 Å². The predicted octanol–water partition coefficient (Wildman–Crippen LogP) is 5.21. The first-order valence-electron chi connectivity index (χ1n) is 9.34. The van der Waals surface area contributed by atoms with Crippen LogP contribution in [0.15, 0.2) is 76.9 Å². The Labute approximate surface area is 191 Å². The Bertz CT molecular complexity index is 1230. The number of nitrogens with zero attached hydrogens (tertiary/aromatic N) is 1. The molecule has 7 nitrogen and oxygen atoms in total. The molecule has 0 aliphatic heterocycles. The van der Waals surface area contributed by atoms with Crippen LogP contribution < -0.4 is 10.6 Å². The summed E-state index contributed by atoms with van der Waals surface area (Å²) >= 11 is 3.28. The van der Waals surface area contributed by atoms with Crippen molar-refractivity contribution in [1.82, 2.24) is 5.32 Å². The van der Waals surface area contributed by atoms with E-state index in [1.807, 2.05) is 0 Å². The van der Waals surface area contributed by atoms with Gasteiger partial charge in [0, 0.05) is 27.7 Å². The standard InChI is InChI=1S/C23H17BrFN3O4/c1-14-6-11-18(28(31)32)13-20(14)26-23(30)21(12-16-4-2-3-5-19(16)25)27-22(29)15-7-9-17(24)10-8-15/h2-13H,1H3,(H,26,30)(H,27,29)/b21-12-. The zero-order chi connectivity index (χ0) is 23.3. The molecule has 32 heavy (non-hydrogen) atoms. The van der Waals surface area contributed by atoms with Gasteiger partial charge in [0.25, 0.3) is 17.5 Å². The molecule has 0 aliphatic carbocycles. The molecular formula is C23H17BrFN3O4. The molecule has 0 fully saturated rings. The van der Waals surface area contributed by atoms with E-state index in [0.717, 1.165) is 4.47 Å². The van der Waals surface area contributed by atoms with Crippen molar-refractivity contribution in [2.75, 3.05) is 5.32 Å². The van der Waals surface area contributed by atoms with Crippen molar-refractivity contribution < 1.29 is 18.9 Å². The second-order valence-corrected chi connectivity index (χ2v) is 7.67. The smallest absolute Gasteiger partial charge is 0.272 e. The van der Waals surface area contributed by atoms with Gasteiger partial charge in [-0.1, -0.05) is 40.2 Å². The van der Waals surface area contributed by atoms with Crippen molar-refractivity contribution in [3.8, 4) is 0 Å². The third-order valence-electron chi connectivity index (χ3n) is 4.48. The molecule has 0 atom stereocenters. The minimum atomic E-state index is -0.762. The number of aryl methyl sites for hydroxylation is 1. The fourth-order valence-electron chi connectivity index (χ4n) is 2.75. The number of nitrogens with one attached hydrogen (secondary N) is 2. The number of carbonyl (C=O) groups is 2. The average molecular weight is 498 g/mol. The first-order chi connectivity index (χ1) is 15.2. The molecule has 0 aromatic heterocycles. The number of hydrogen-bond donors (Lipinski definition) is 2. The van der Waals surface area contributed by atoms with Gasteiger partial charge < -0.3 is 10.6 Å². The maximum atomic E-state index is 14.2. The molecule has 3 aromatic carbocycles. The Balaban J connectivity index is 1.95. The fourth-order valence-corrected chi connectivity index (χ4v) is 3.01. The Morgan fingerprint density at radius 2 is 1.75 bits per heavy atom. The number of non-ortho nitro benzene ring substituents is 1. The van der Waals surface area contributed by atoms with Crippen LogP contribution in [0.4, 0.5) is 15.8 Å². The van der Waals surface area contributed by atoms with Gasteiger partial charge in [-0.25, -0.2) is 4.39 Å². The van der Waals surface area contributed by atoms with Gasteiger partial charge in [-0.2, -0.15) is 0 Å². The molecule has 3 rings (SSSR count). The molecule has 2 N–H and O–H groups in total. The highest BCUT2D eigenvalue weighted by molar-refractivity contribution is 9.10. The molecule has 0 saturated carbocycles. The van der Waals surface area contributed by atoms with E-state index >= 15 is 0 Å². The summed E-state index contributed by atoms with van der Waals surface area (Å²) in [7, 11) is 0. The van der Waals surface area contributed by atoms with Gasteiger partial charge in [-0.05, 0) is 48.9 Å². The molecule has 0 spiro atoms. The Kier molecular flexibility index (Phi) is 7.11. The predicted molar refractivity (Wildman–Crippen MR) is 122 cm³/mol. The highest BCUT2D eigenvalue weighted by Crippen LogP contribution is 2.23. The van der Waals surface area contributed by atoms with Crippen molar-refractivity contribution in [2.24, 2.45) is 0 Å². The van der Waals surface area contributed by atoms with Crippen molar-refractivity contribution in [3.63, 3.8) is 0 Å². The lowest BCUT2D eigenvalue weighted by Crippen LogP contribution is -2.31. The third-order valence-corrected chi connectivity index (χ3v) is 5.01. The number of nitro benzene ring substituents is 1. The summed E-state index contributed by atoms with van der Waals surface area (Å²) in [4.78, 5) is 36.2. The van der Waals surface area contributed by atoms with Gasteiger partial charge in [-0.3, -0.25) is 19.7 Å². The average Bonchev–Trinajstić information content (AvgIpc) is 2.76. The molecule has 3 aromatic rings. The van der Waals surface area contributed by atoms with Crippen LogP contribution in [0.25, 0.3) is 6.08 Å². The Morgan fingerprint density at radius 3 is 2.41 bits per heavy atom. The fraction of sp³-hybridized carbons (Fsp3) is 0.0435. The van der Waals surface area contributed by atoms with Crippen LogP contribution in [0.1, 0.15) is 21.5 Å². The van der Waals surface area contributed by atoms with Crippen LogP contribution in [0, 0.1) is 22.9 Å². The molecule has 0 radical (unpaired) electrons. The molecule has 162 valence electrons. The van der Waals surface area contributed by atoms with Crippen molar-refractivity contribution in [2.45, 2.75) is 6.92 Å². The van der Waals surface area contributed by atoms with E-state index in [9.17, 15) is 24.1 Å². The SMILES string of the molecule is Cc1ccc([N+](=O)[O-])cc1NC(=O)/C(=C/c1ccccc1F)NC(=O)c1ccc(Br)cc1. The minimum absolute atomic E-state index is 0.0875. The second kappa shape index (κ2) is 9.97. The summed E-state index contributed by atoms with van der Waals surface area (Å²) in [6.07, 6.45) is 1.20. The van der Waals surface area contributed by atoms with Crippen LogP contribution in [-0.4, -0.2) is 16.7 Å². The molecule has 0 heterocycles. The topological polar surface area (TPSA) is 101 Å².